The molecule has 138 valence electrons. The van der Waals surface area contributed by atoms with Crippen molar-refractivity contribution < 1.29 is 20.4 Å². The second-order valence-corrected chi connectivity index (χ2v) is 5.37. The molecule has 0 radical (unpaired) electrons. The summed E-state index contributed by atoms with van der Waals surface area (Å²) in [7, 11) is 0. The summed E-state index contributed by atoms with van der Waals surface area (Å²) in [6.45, 7) is 2.23. The van der Waals surface area contributed by atoms with Gasteiger partial charge in [-0.05, 0) is 44.9 Å². The predicted octanol–water partition coefficient (Wildman–Crippen LogP) is 6.23. The summed E-state index contributed by atoms with van der Waals surface area (Å²) < 4.78 is 0. The first-order valence-corrected chi connectivity index (χ1v) is 8.79. The fourth-order valence-electron chi connectivity index (χ4n) is 1.93. The van der Waals surface area contributed by atoms with Gasteiger partial charge in [-0.2, -0.15) is 0 Å². The van der Waals surface area contributed by atoms with Crippen LogP contribution in [0.15, 0.2) is 48.6 Å². The van der Waals surface area contributed by atoms with Gasteiger partial charge in [-0.3, -0.25) is 15.3 Å². The fourth-order valence-corrected chi connectivity index (χ4v) is 1.93. The number of hydrogen-bond donors (Lipinski definition) is 3. The molecule has 0 atom stereocenters. The summed E-state index contributed by atoms with van der Waals surface area (Å²) in [5.41, 5.74) is 0. The van der Waals surface area contributed by atoms with Crippen LogP contribution >= 0.6 is 0 Å². The van der Waals surface area contributed by atoms with E-state index in [1.807, 2.05) is 0 Å². The second kappa shape index (κ2) is 23.6. The molecule has 0 aliphatic rings. The Balaban J connectivity index is 0. The lowest BCUT2D eigenvalue weighted by Gasteiger charge is -1.90. The third kappa shape index (κ3) is 25.3. The SMILES string of the molecule is CCCCCC=CCC=CCC=CCC=CCCCC(=O)O.OO. The number of rotatable bonds is 14. The summed E-state index contributed by atoms with van der Waals surface area (Å²) in [6.07, 6.45) is 27.3. The maximum atomic E-state index is 10.3. The molecule has 0 aliphatic heterocycles. The smallest absolute Gasteiger partial charge is 0.303 e. The average Bonchev–Trinajstić information content (AvgIpc) is 2.59. The van der Waals surface area contributed by atoms with Crippen LogP contribution in [-0.4, -0.2) is 21.6 Å². The van der Waals surface area contributed by atoms with E-state index in [4.69, 9.17) is 15.6 Å². The molecule has 0 aromatic carbocycles. The standard InChI is InChI=1S/C20H32O2.H2O2/c1-2-3-4-5-6-7-8-9-10-11-12-13-14-15-16-17-18-19-20(21)22;1-2/h6-7,9-10,12-13,15-16H,2-5,8,11,14,17-19H2,1H3,(H,21,22);1-2H. The molecule has 0 rings (SSSR count). The Labute approximate surface area is 146 Å². The Morgan fingerprint density at radius 1 is 0.708 bits per heavy atom. The topological polar surface area (TPSA) is 77.8 Å². The van der Waals surface area contributed by atoms with E-state index in [1.165, 1.54) is 25.7 Å². The molecular formula is C20H34O4. The quantitative estimate of drug-likeness (QED) is 0.152. The van der Waals surface area contributed by atoms with Gasteiger partial charge in [0.05, 0.1) is 0 Å². The van der Waals surface area contributed by atoms with Gasteiger partial charge in [0.25, 0.3) is 0 Å². The Kier molecular flexibility index (Phi) is 24.2. The highest BCUT2D eigenvalue weighted by atomic mass is 17.0. The van der Waals surface area contributed by atoms with Crippen LogP contribution in [0.4, 0.5) is 0 Å². The highest BCUT2D eigenvalue weighted by molar-refractivity contribution is 5.66. The van der Waals surface area contributed by atoms with Gasteiger partial charge in [0.1, 0.15) is 0 Å². The van der Waals surface area contributed by atoms with E-state index in [0.717, 1.165) is 32.1 Å². The molecule has 0 saturated carbocycles. The van der Waals surface area contributed by atoms with Crippen molar-refractivity contribution in [3.63, 3.8) is 0 Å². The molecule has 0 unspecified atom stereocenters. The van der Waals surface area contributed by atoms with E-state index in [9.17, 15) is 4.79 Å². The monoisotopic (exact) mass is 338 g/mol. The lowest BCUT2D eigenvalue weighted by molar-refractivity contribution is -0.176. The van der Waals surface area contributed by atoms with Crippen LogP contribution in [0.1, 0.15) is 71.1 Å². The molecular weight excluding hydrogens is 304 g/mol. The lowest BCUT2D eigenvalue weighted by atomic mass is 10.2. The van der Waals surface area contributed by atoms with Crippen molar-refractivity contribution in [1.82, 2.24) is 0 Å². The molecule has 4 heteroatoms. The molecule has 0 aliphatic carbocycles. The van der Waals surface area contributed by atoms with E-state index < -0.39 is 5.97 Å². The minimum Gasteiger partial charge on any atom is -0.481 e. The van der Waals surface area contributed by atoms with E-state index in [-0.39, 0.29) is 6.42 Å². The predicted molar refractivity (Wildman–Crippen MR) is 101 cm³/mol. The van der Waals surface area contributed by atoms with Crippen molar-refractivity contribution in [2.24, 2.45) is 0 Å². The molecule has 4 nitrogen and oxygen atoms in total. The summed E-state index contributed by atoms with van der Waals surface area (Å²) in [4.78, 5) is 10.3. The number of hydrogen-bond acceptors (Lipinski definition) is 3. The van der Waals surface area contributed by atoms with Crippen LogP contribution < -0.4 is 0 Å². The van der Waals surface area contributed by atoms with Crippen LogP contribution in [-0.2, 0) is 4.79 Å². The van der Waals surface area contributed by atoms with E-state index in [2.05, 4.69) is 55.5 Å². The van der Waals surface area contributed by atoms with E-state index >= 15 is 0 Å². The molecule has 0 heterocycles. The van der Waals surface area contributed by atoms with Crippen molar-refractivity contribution >= 4 is 5.97 Å². The first kappa shape index (κ1) is 24.6. The highest BCUT2D eigenvalue weighted by Crippen LogP contribution is 2.01. The second-order valence-electron chi connectivity index (χ2n) is 5.37. The molecule has 3 N–H and O–H groups in total. The first-order valence-electron chi connectivity index (χ1n) is 8.79. The zero-order valence-corrected chi connectivity index (χ0v) is 14.9. The number of unbranched alkanes of at least 4 members (excludes halogenated alkanes) is 4. The molecule has 0 fully saturated rings. The Hall–Kier alpha value is -1.65. The van der Waals surface area contributed by atoms with Crippen molar-refractivity contribution in [2.75, 3.05) is 0 Å². The fraction of sp³-hybridized carbons (Fsp3) is 0.550. The highest BCUT2D eigenvalue weighted by Gasteiger charge is 1.92. The minimum atomic E-state index is -0.712. The largest absolute Gasteiger partial charge is 0.481 e. The van der Waals surface area contributed by atoms with Crippen LogP contribution in [0, 0.1) is 0 Å². The summed E-state index contributed by atoms with van der Waals surface area (Å²) in [5.74, 6) is -0.712. The zero-order chi connectivity index (χ0) is 18.3. The third-order valence-electron chi connectivity index (χ3n) is 3.22. The number of aliphatic carboxylic acids is 1. The molecule has 24 heavy (non-hydrogen) atoms. The maximum Gasteiger partial charge on any atom is 0.303 e. The van der Waals surface area contributed by atoms with Crippen LogP contribution in [0.2, 0.25) is 0 Å². The van der Waals surface area contributed by atoms with Gasteiger partial charge in [-0.25, -0.2) is 0 Å². The molecule has 0 aromatic heterocycles. The zero-order valence-electron chi connectivity index (χ0n) is 14.9. The molecule has 0 spiro atoms. The van der Waals surface area contributed by atoms with Crippen LogP contribution in [0.5, 0.6) is 0 Å². The van der Waals surface area contributed by atoms with Crippen molar-refractivity contribution in [3.05, 3.63) is 48.6 Å². The van der Waals surface area contributed by atoms with Gasteiger partial charge in [0.15, 0.2) is 0 Å². The first-order chi connectivity index (χ1) is 11.8. The number of carbonyl (C=O) groups is 1. The summed E-state index contributed by atoms with van der Waals surface area (Å²) >= 11 is 0. The van der Waals surface area contributed by atoms with Gasteiger partial charge in [-0.1, -0.05) is 68.4 Å². The Bertz CT molecular complexity index is 368. The molecule has 0 saturated heterocycles. The maximum absolute atomic E-state index is 10.3. The summed E-state index contributed by atoms with van der Waals surface area (Å²) in [5, 5.41) is 20.5. The lowest BCUT2D eigenvalue weighted by Crippen LogP contribution is -1.92. The summed E-state index contributed by atoms with van der Waals surface area (Å²) in [6, 6.07) is 0. The molecule has 0 aromatic rings. The van der Waals surface area contributed by atoms with Gasteiger partial charge >= 0.3 is 5.97 Å². The van der Waals surface area contributed by atoms with Crippen molar-refractivity contribution in [1.29, 1.82) is 0 Å². The number of allylic oxidation sites excluding steroid dienone is 8. The van der Waals surface area contributed by atoms with Crippen molar-refractivity contribution in [3.8, 4) is 0 Å². The van der Waals surface area contributed by atoms with Crippen LogP contribution in [0.3, 0.4) is 0 Å². The Morgan fingerprint density at radius 3 is 1.54 bits per heavy atom. The normalized spacial score (nSPS) is 11.6. The minimum absolute atomic E-state index is 0.262. The van der Waals surface area contributed by atoms with E-state index in [0.29, 0.717) is 0 Å². The average molecular weight is 338 g/mol. The van der Waals surface area contributed by atoms with Gasteiger partial charge in [-0.15, -0.1) is 0 Å². The van der Waals surface area contributed by atoms with Crippen molar-refractivity contribution in [2.45, 2.75) is 71.1 Å². The number of carboxylic acids is 1. The molecule has 0 bridgehead atoms. The van der Waals surface area contributed by atoms with E-state index in [1.54, 1.807) is 0 Å². The molecule has 0 amide bonds. The Morgan fingerprint density at radius 2 is 1.12 bits per heavy atom. The van der Waals surface area contributed by atoms with Gasteiger partial charge in [0.2, 0.25) is 0 Å². The van der Waals surface area contributed by atoms with Crippen LogP contribution in [0.25, 0.3) is 0 Å². The number of carboxylic acid groups (broad SMARTS) is 1. The van der Waals surface area contributed by atoms with Gasteiger partial charge in [0, 0.05) is 6.42 Å². The van der Waals surface area contributed by atoms with Gasteiger partial charge < -0.3 is 5.11 Å². The third-order valence-corrected chi connectivity index (χ3v) is 3.22.